The van der Waals surface area contributed by atoms with E-state index in [1.165, 1.54) is 0 Å². The van der Waals surface area contributed by atoms with E-state index in [-0.39, 0.29) is 5.91 Å². The molecule has 0 saturated heterocycles. The first-order valence-electron chi connectivity index (χ1n) is 7.19. The van der Waals surface area contributed by atoms with Gasteiger partial charge in [-0.2, -0.15) is 0 Å². The van der Waals surface area contributed by atoms with Crippen LogP contribution < -0.4 is 5.32 Å². The fourth-order valence-electron chi connectivity index (χ4n) is 2.43. The molecule has 0 aliphatic heterocycles. The van der Waals surface area contributed by atoms with Crippen LogP contribution in [0.4, 0.5) is 0 Å². The molecule has 2 aromatic heterocycles. The van der Waals surface area contributed by atoms with Gasteiger partial charge in [-0.15, -0.1) is 0 Å². The zero-order chi connectivity index (χ0) is 15.5. The highest BCUT2D eigenvalue weighted by Crippen LogP contribution is 2.20. The maximum absolute atomic E-state index is 12.5. The topological polar surface area (TPSA) is 54.9 Å². The second kappa shape index (κ2) is 5.93. The highest BCUT2D eigenvalue weighted by atomic mass is 16.1. The Hall–Kier alpha value is -2.75. The highest BCUT2D eigenvalue weighted by Gasteiger charge is 2.12. The molecule has 1 amide bonds. The summed E-state index contributed by atoms with van der Waals surface area (Å²) < 4.78 is 0. The molecule has 1 aromatic carbocycles. The van der Waals surface area contributed by atoms with E-state index in [0.717, 1.165) is 27.9 Å². The predicted molar refractivity (Wildman–Crippen MR) is 86.6 cm³/mol. The number of aromatic nitrogens is 2. The van der Waals surface area contributed by atoms with Crippen molar-refractivity contribution in [1.82, 2.24) is 15.3 Å². The Kier molecular flexibility index (Phi) is 3.83. The minimum Gasteiger partial charge on any atom is -0.346 e. The number of fused-ring (bicyclic) bond motifs is 1. The average Bonchev–Trinajstić information content (AvgIpc) is 2.53. The van der Waals surface area contributed by atoms with Gasteiger partial charge in [0.15, 0.2) is 0 Å². The summed E-state index contributed by atoms with van der Waals surface area (Å²) in [5.74, 6) is -0.105. The van der Waals surface area contributed by atoms with Gasteiger partial charge in [0.1, 0.15) is 0 Å². The maximum Gasteiger partial charge on any atom is 0.252 e. The molecule has 0 bridgehead atoms. The lowest BCUT2D eigenvalue weighted by Gasteiger charge is -2.09. The number of aryl methyl sites for hydroxylation is 2. The molecule has 4 nitrogen and oxygen atoms in total. The lowest BCUT2D eigenvalue weighted by molar-refractivity contribution is 0.0952. The zero-order valence-corrected chi connectivity index (χ0v) is 12.6. The number of carbonyl (C=O) groups is 1. The Morgan fingerprint density at radius 2 is 2.00 bits per heavy atom. The lowest BCUT2D eigenvalue weighted by atomic mass is 10.0. The third-order valence-corrected chi connectivity index (χ3v) is 3.49. The molecule has 0 fully saturated rings. The fraction of sp³-hybridized carbons (Fsp3) is 0.167. The summed E-state index contributed by atoms with van der Waals surface area (Å²) in [6.07, 6.45) is 1.72. The van der Waals surface area contributed by atoms with Crippen molar-refractivity contribution < 1.29 is 4.79 Å². The van der Waals surface area contributed by atoms with Gasteiger partial charge < -0.3 is 5.32 Å². The minimum absolute atomic E-state index is 0.105. The molecule has 110 valence electrons. The molecule has 4 heteroatoms. The van der Waals surface area contributed by atoms with Gasteiger partial charge in [-0.25, -0.2) is 0 Å². The van der Waals surface area contributed by atoms with Gasteiger partial charge in [0.25, 0.3) is 5.91 Å². The molecule has 0 radical (unpaired) electrons. The van der Waals surface area contributed by atoms with E-state index in [2.05, 4.69) is 15.3 Å². The maximum atomic E-state index is 12.5. The molecule has 1 N–H and O–H groups in total. The summed E-state index contributed by atoms with van der Waals surface area (Å²) in [6.45, 7) is 4.32. The summed E-state index contributed by atoms with van der Waals surface area (Å²) >= 11 is 0. The lowest BCUT2D eigenvalue weighted by Crippen LogP contribution is -2.23. The van der Waals surface area contributed by atoms with Gasteiger partial charge in [-0.1, -0.05) is 17.7 Å². The van der Waals surface area contributed by atoms with E-state index < -0.39 is 0 Å². The van der Waals surface area contributed by atoms with Crippen molar-refractivity contribution in [1.29, 1.82) is 0 Å². The van der Waals surface area contributed by atoms with Gasteiger partial charge >= 0.3 is 0 Å². The molecule has 0 aliphatic carbocycles. The number of rotatable bonds is 3. The van der Waals surface area contributed by atoms with Crippen LogP contribution in [0.3, 0.4) is 0 Å². The van der Waals surface area contributed by atoms with E-state index in [1.807, 2.05) is 56.3 Å². The van der Waals surface area contributed by atoms with Crippen molar-refractivity contribution in [2.45, 2.75) is 20.4 Å². The number of benzene rings is 1. The molecule has 3 rings (SSSR count). The quantitative estimate of drug-likeness (QED) is 0.806. The predicted octanol–water partition coefficient (Wildman–Crippen LogP) is 3.18. The van der Waals surface area contributed by atoms with Crippen molar-refractivity contribution in [3.05, 3.63) is 71.2 Å². The Balaban J connectivity index is 1.91. The number of amides is 1. The molecule has 3 aromatic rings. The number of nitrogens with zero attached hydrogens (tertiary/aromatic N) is 2. The molecule has 0 spiro atoms. The first-order chi connectivity index (χ1) is 10.6. The van der Waals surface area contributed by atoms with Crippen molar-refractivity contribution in [2.75, 3.05) is 0 Å². The van der Waals surface area contributed by atoms with Crippen LogP contribution in [0.2, 0.25) is 0 Å². The van der Waals surface area contributed by atoms with Crippen molar-refractivity contribution >= 4 is 16.8 Å². The Bertz CT molecular complexity index is 828. The second-order valence-corrected chi connectivity index (χ2v) is 5.34. The van der Waals surface area contributed by atoms with Gasteiger partial charge in [0, 0.05) is 17.3 Å². The van der Waals surface area contributed by atoms with Gasteiger partial charge in [0.2, 0.25) is 0 Å². The van der Waals surface area contributed by atoms with Crippen LogP contribution in [0.25, 0.3) is 10.9 Å². The van der Waals surface area contributed by atoms with Crippen LogP contribution in [0, 0.1) is 13.8 Å². The van der Waals surface area contributed by atoms with Gasteiger partial charge in [-0.05, 0) is 44.2 Å². The largest absolute Gasteiger partial charge is 0.346 e. The first kappa shape index (κ1) is 14.2. The highest BCUT2D eigenvalue weighted by molar-refractivity contribution is 6.06. The molecule has 2 heterocycles. The van der Waals surface area contributed by atoms with Crippen LogP contribution in [0.15, 0.2) is 48.7 Å². The Morgan fingerprint density at radius 3 is 2.77 bits per heavy atom. The summed E-state index contributed by atoms with van der Waals surface area (Å²) in [4.78, 5) is 21.2. The standard InChI is InChI=1S/C18H17N3O/c1-12-6-7-17-15(9-12)16(10-13(2)21-17)18(22)20-11-14-5-3-4-8-19-14/h3-10H,11H2,1-2H3,(H,20,22). The van der Waals surface area contributed by atoms with Crippen LogP contribution in [-0.4, -0.2) is 15.9 Å². The first-order valence-corrected chi connectivity index (χ1v) is 7.19. The summed E-state index contributed by atoms with van der Waals surface area (Å²) in [7, 11) is 0. The van der Waals surface area contributed by atoms with Crippen molar-refractivity contribution in [2.24, 2.45) is 0 Å². The smallest absolute Gasteiger partial charge is 0.252 e. The number of nitrogens with one attached hydrogen (secondary N) is 1. The number of carbonyl (C=O) groups excluding carboxylic acids is 1. The van der Waals surface area contributed by atoms with Crippen molar-refractivity contribution in [3.8, 4) is 0 Å². The van der Waals surface area contributed by atoms with Gasteiger partial charge in [0.05, 0.1) is 23.3 Å². The normalized spacial score (nSPS) is 10.6. The SMILES string of the molecule is Cc1ccc2nc(C)cc(C(=O)NCc3ccccn3)c2c1. The van der Waals surface area contributed by atoms with Crippen molar-refractivity contribution in [3.63, 3.8) is 0 Å². The average molecular weight is 291 g/mol. The van der Waals surface area contributed by atoms with E-state index in [9.17, 15) is 4.79 Å². The summed E-state index contributed by atoms with van der Waals surface area (Å²) in [6, 6.07) is 13.4. The molecule has 22 heavy (non-hydrogen) atoms. The number of pyridine rings is 2. The van der Waals surface area contributed by atoms with Crippen LogP contribution in [0.5, 0.6) is 0 Å². The number of hydrogen-bond acceptors (Lipinski definition) is 3. The molecule has 0 atom stereocenters. The van der Waals surface area contributed by atoms with Crippen LogP contribution in [0.1, 0.15) is 27.3 Å². The van der Waals surface area contributed by atoms with E-state index >= 15 is 0 Å². The van der Waals surface area contributed by atoms with Crippen LogP contribution in [-0.2, 0) is 6.54 Å². The minimum atomic E-state index is -0.105. The molecular formula is C18H17N3O. The molecule has 0 aliphatic rings. The molecule has 0 unspecified atom stereocenters. The Morgan fingerprint density at radius 1 is 1.14 bits per heavy atom. The van der Waals surface area contributed by atoms with E-state index in [1.54, 1.807) is 6.20 Å². The molecule has 0 saturated carbocycles. The monoisotopic (exact) mass is 291 g/mol. The third-order valence-electron chi connectivity index (χ3n) is 3.49. The van der Waals surface area contributed by atoms with E-state index in [0.29, 0.717) is 12.1 Å². The second-order valence-electron chi connectivity index (χ2n) is 5.34. The third kappa shape index (κ3) is 2.96. The van der Waals surface area contributed by atoms with E-state index in [4.69, 9.17) is 0 Å². The number of hydrogen-bond donors (Lipinski definition) is 1. The van der Waals surface area contributed by atoms with Crippen LogP contribution >= 0.6 is 0 Å². The molecular weight excluding hydrogens is 274 g/mol. The summed E-state index contributed by atoms with van der Waals surface area (Å²) in [5, 5.41) is 3.80. The Labute approximate surface area is 129 Å². The zero-order valence-electron chi connectivity index (χ0n) is 12.6. The summed E-state index contributed by atoms with van der Waals surface area (Å²) in [5.41, 5.74) is 4.27. The fourth-order valence-corrected chi connectivity index (χ4v) is 2.43. The van der Waals surface area contributed by atoms with Gasteiger partial charge in [-0.3, -0.25) is 14.8 Å².